The number of unbranched alkanes of at least 4 members (excludes halogenated alkanes) is 2. The molecule has 13 heteroatoms. The van der Waals surface area contributed by atoms with Gasteiger partial charge in [-0.25, -0.2) is 4.79 Å². The van der Waals surface area contributed by atoms with Gasteiger partial charge in [0.15, 0.2) is 0 Å². The lowest BCUT2D eigenvalue weighted by molar-refractivity contribution is -0.140. The molecule has 2 aromatic carbocycles. The first-order valence-electron chi connectivity index (χ1n) is 14.3. The molecule has 13 nitrogen and oxygen atoms in total. The van der Waals surface area contributed by atoms with Crippen LogP contribution in [0.1, 0.15) is 69.6 Å². The van der Waals surface area contributed by atoms with E-state index in [1.807, 2.05) is 0 Å². The van der Waals surface area contributed by atoms with E-state index in [0.717, 1.165) is 4.90 Å². The van der Waals surface area contributed by atoms with E-state index in [0.29, 0.717) is 32.5 Å². The van der Waals surface area contributed by atoms with Crippen molar-refractivity contribution in [1.29, 1.82) is 0 Å². The maximum atomic E-state index is 13.1. The number of anilines is 1. The molecule has 1 unspecified atom stereocenters. The van der Waals surface area contributed by atoms with Gasteiger partial charge in [-0.1, -0.05) is 42.8 Å². The van der Waals surface area contributed by atoms with Gasteiger partial charge in [0, 0.05) is 25.0 Å². The van der Waals surface area contributed by atoms with E-state index in [1.54, 1.807) is 24.3 Å². The van der Waals surface area contributed by atoms with E-state index in [9.17, 15) is 33.6 Å². The summed E-state index contributed by atoms with van der Waals surface area (Å²) in [7, 11) is 0. The number of ether oxygens (including phenoxy) is 3. The Kier molecular flexibility index (Phi) is 11.4. The van der Waals surface area contributed by atoms with Crippen molar-refractivity contribution in [3.8, 4) is 0 Å². The van der Waals surface area contributed by atoms with Crippen LogP contribution in [-0.2, 0) is 33.4 Å². The molecule has 0 spiro atoms. The molecule has 2 aromatic rings. The van der Waals surface area contributed by atoms with Gasteiger partial charge in [0.05, 0.1) is 36.6 Å². The lowest BCUT2D eigenvalue weighted by Crippen LogP contribution is -2.54. The fourth-order valence-corrected chi connectivity index (χ4v) is 4.79. The summed E-state index contributed by atoms with van der Waals surface area (Å²) in [6.07, 6.45) is 2.25. The number of fused-ring (bicyclic) bond motifs is 1. The van der Waals surface area contributed by atoms with Crippen LogP contribution in [0.25, 0.3) is 0 Å². The van der Waals surface area contributed by atoms with E-state index in [4.69, 9.17) is 14.2 Å². The number of rotatable bonds is 16. The van der Waals surface area contributed by atoms with E-state index >= 15 is 0 Å². The Balaban J connectivity index is 1.07. The topological polar surface area (TPSA) is 174 Å². The van der Waals surface area contributed by atoms with Crippen LogP contribution in [0.4, 0.5) is 5.69 Å². The van der Waals surface area contributed by atoms with Gasteiger partial charge in [-0.15, -0.1) is 0 Å². The molecule has 5 amide bonds. The highest BCUT2D eigenvalue weighted by Gasteiger charge is 2.45. The van der Waals surface area contributed by atoms with Crippen molar-refractivity contribution in [2.24, 2.45) is 0 Å². The third kappa shape index (κ3) is 8.20. The second kappa shape index (κ2) is 15.6. The molecule has 4 rings (SSSR count). The van der Waals surface area contributed by atoms with Gasteiger partial charge in [0.2, 0.25) is 17.7 Å². The zero-order valence-corrected chi connectivity index (χ0v) is 24.0. The number of carbonyl (C=O) groups excluding carboxylic acids is 7. The zero-order chi connectivity index (χ0) is 31.5. The first-order valence-corrected chi connectivity index (χ1v) is 14.3. The number of hydrogen-bond donors (Lipinski definition) is 2. The van der Waals surface area contributed by atoms with Crippen molar-refractivity contribution >= 4 is 47.0 Å². The summed E-state index contributed by atoms with van der Waals surface area (Å²) in [5.74, 6) is -4.44. The molecule has 0 saturated carbocycles. The molecule has 1 saturated heterocycles. The first-order chi connectivity index (χ1) is 21.3. The van der Waals surface area contributed by atoms with Crippen LogP contribution < -0.4 is 10.6 Å². The fraction of sp³-hybridized carbons (Fsp3) is 0.387. The van der Waals surface area contributed by atoms with Crippen molar-refractivity contribution in [3.63, 3.8) is 0 Å². The maximum Gasteiger partial charge on any atom is 0.379 e. The largest absolute Gasteiger partial charge is 0.457 e. The van der Waals surface area contributed by atoms with Gasteiger partial charge >= 0.3 is 5.97 Å². The normalized spacial score (nSPS) is 16.0. The highest BCUT2D eigenvalue weighted by molar-refractivity contribution is 6.40. The highest BCUT2D eigenvalue weighted by Crippen LogP contribution is 2.32. The number of amides is 5. The molecule has 0 aromatic heterocycles. The first kappa shape index (κ1) is 32.2. The number of imide groups is 2. The molecule has 2 aliphatic rings. The standard InChI is InChI=1S/C31H33N3O10/c35-24(12-5-2-6-15-42-16-17-43-18-19-44-31(41)27(37)20-8-3-1-4-9-20)32-22-11-7-10-21-26(22)30(40)34(29(21)39)23-13-14-25(36)33-28(23)38/h1,3-4,7-11,23H,2,5-6,12-19H2,(H,32,35)(H,33,36,38). The molecule has 0 radical (unpaired) electrons. The van der Waals surface area contributed by atoms with Crippen LogP contribution in [-0.4, -0.2) is 85.3 Å². The smallest absolute Gasteiger partial charge is 0.379 e. The van der Waals surface area contributed by atoms with E-state index in [-0.39, 0.29) is 67.4 Å². The minimum Gasteiger partial charge on any atom is -0.457 e. The lowest BCUT2D eigenvalue weighted by atomic mass is 10.0. The van der Waals surface area contributed by atoms with Crippen molar-refractivity contribution in [2.45, 2.75) is 44.6 Å². The summed E-state index contributed by atoms with van der Waals surface area (Å²) >= 11 is 0. The SMILES string of the molecule is O=C1CCC(N2C(=O)c3cccc(NC(=O)CCCCCOCCOCCOC(=O)C(=O)c4ccccc4)c3C2=O)C(=O)N1. The summed E-state index contributed by atoms with van der Waals surface area (Å²) in [4.78, 5) is 86.9. The van der Waals surface area contributed by atoms with Crippen molar-refractivity contribution < 1.29 is 47.8 Å². The third-order valence-electron chi connectivity index (χ3n) is 6.99. The maximum absolute atomic E-state index is 13.1. The van der Waals surface area contributed by atoms with Crippen LogP contribution in [0, 0.1) is 0 Å². The molecular weight excluding hydrogens is 574 g/mol. The molecule has 0 bridgehead atoms. The number of benzene rings is 2. The predicted octanol–water partition coefficient (Wildman–Crippen LogP) is 2.05. The Labute approximate surface area is 253 Å². The van der Waals surface area contributed by atoms with Crippen LogP contribution in [0.15, 0.2) is 48.5 Å². The number of nitrogens with one attached hydrogen (secondary N) is 2. The van der Waals surface area contributed by atoms with Crippen LogP contribution in [0.2, 0.25) is 0 Å². The molecule has 232 valence electrons. The number of Topliss-reactive ketones (excluding diaryl/α,β-unsaturated/α-hetero) is 1. The molecule has 2 aliphatic heterocycles. The summed E-state index contributed by atoms with van der Waals surface area (Å²) in [5.41, 5.74) is 0.588. The number of ketones is 1. The Hall–Kier alpha value is -4.75. The quantitative estimate of drug-likeness (QED) is 0.0945. The van der Waals surface area contributed by atoms with Crippen molar-refractivity contribution in [3.05, 3.63) is 65.2 Å². The number of nitrogens with zero attached hydrogens (tertiary/aromatic N) is 1. The number of esters is 1. The summed E-state index contributed by atoms with van der Waals surface area (Å²) in [5, 5.41) is 4.85. The summed E-state index contributed by atoms with van der Waals surface area (Å²) < 4.78 is 15.7. The van der Waals surface area contributed by atoms with E-state index < -0.39 is 41.4 Å². The van der Waals surface area contributed by atoms with Gasteiger partial charge in [0.1, 0.15) is 12.6 Å². The van der Waals surface area contributed by atoms with Crippen molar-refractivity contribution in [1.82, 2.24) is 10.2 Å². The Morgan fingerprint density at radius 1 is 0.818 bits per heavy atom. The van der Waals surface area contributed by atoms with Gasteiger partial charge in [-0.05, 0) is 31.4 Å². The summed E-state index contributed by atoms with van der Waals surface area (Å²) in [6, 6.07) is 11.6. The molecule has 2 N–H and O–H groups in total. The lowest BCUT2D eigenvalue weighted by Gasteiger charge is -2.27. The molecule has 1 fully saturated rings. The molecule has 0 aliphatic carbocycles. The summed E-state index contributed by atoms with van der Waals surface area (Å²) in [6.45, 7) is 1.17. The minimum atomic E-state index is -1.08. The fourth-order valence-electron chi connectivity index (χ4n) is 4.79. The van der Waals surface area contributed by atoms with Gasteiger partial charge in [-0.2, -0.15) is 0 Å². The van der Waals surface area contributed by atoms with Gasteiger partial charge < -0.3 is 19.5 Å². The van der Waals surface area contributed by atoms with Gasteiger partial charge in [0.25, 0.3) is 17.6 Å². The molecule has 1 atom stereocenters. The monoisotopic (exact) mass is 607 g/mol. The Bertz CT molecular complexity index is 1430. The average Bonchev–Trinajstić information content (AvgIpc) is 3.27. The zero-order valence-electron chi connectivity index (χ0n) is 24.0. The van der Waals surface area contributed by atoms with E-state index in [1.165, 1.54) is 24.3 Å². The predicted molar refractivity (Wildman–Crippen MR) is 154 cm³/mol. The van der Waals surface area contributed by atoms with Crippen LogP contribution >= 0.6 is 0 Å². The number of carbonyl (C=O) groups is 7. The Morgan fingerprint density at radius 2 is 1.55 bits per heavy atom. The molecule has 2 heterocycles. The highest BCUT2D eigenvalue weighted by atomic mass is 16.6. The van der Waals surface area contributed by atoms with Gasteiger partial charge in [-0.3, -0.25) is 39.0 Å². The molecule has 44 heavy (non-hydrogen) atoms. The minimum absolute atomic E-state index is 0.0186. The average molecular weight is 608 g/mol. The second-order valence-electron chi connectivity index (χ2n) is 10.1. The van der Waals surface area contributed by atoms with Crippen LogP contribution in [0.3, 0.4) is 0 Å². The van der Waals surface area contributed by atoms with Crippen LogP contribution in [0.5, 0.6) is 0 Å². The molecular formula is C31H33N3O10. The second-order valence-corrected chi connectivity index (χ2v) is 10.1. The number of hydrogen-bond acceptors (Lipinski definition) is 10. The number of piperidine rings is 1. The Morgan fingerprint density at radius 3 is 2.30 bits per heavy atom. The van der Waals surface area contributed by atoms with E-state index in [2.05, 4.69) is 10.6 Å². The van der Waals surface area contributed by atoms with Crippen molar-refractivity contribution in [2.75, 3.05) is 38.4 Å². The third-order valence-corrected chi connectivity index (χ3v) is 6.99.